The average Bonchev–Trinajstić information content (AvgIpc) is 2.57. The molecule has 3 N–H and O–H groups in total. The van der Waals surface area contributed by atoms with Crippen molar-refractivity contribution >= 4 is 39.4 Å². The minimum Gasteiger partial charge on any atom is -0.506 e. The van der Waals surface area contributed by atoms with Gasteiger partial charge in [0.05, 0.1) is 22.2 Å². The maximum atomic E-state index is 11.7. The van der Waals surface area contributed by atoms with Crippen LogP contribution >= 0.6 is 15.9 Å². The molecule has 0 heterocycles. The topological polar surface area (TPSA) is 117 Å². The zero-order chi connectivity index (χ0) is 17.5. The Bertz CT molecular complexity index is 781. The van der Waals surface area contributed by atoms with E-state index < -0.39 is 10.8 Å². The van der Waals surface area contributed by atoms with E-state index in [1.165, 1.54) is 6.07 Å². The van der Waals surface area contributed by atoms with Crippen molar-refractivity contribution in [1.29, 1.82) is 0 Å². The molecule has 2 aromatic carbocycles. The minimum atomic E-state index is -0.593. The van der Waals surface area contributed by atoms with Gasteiger partial charge in [-0.1, -0.05) is 18.2 Å². The Kier molecular flexibility index (Phi) is 5.85. The molecular formula is C15H13BrN4O4. The second-order valence-corrected chi connectivity index (χ2v) is 5.49. The molecule has 0 bridgehead atoms. The number of rotatable bonds is 6. The number of carbonyl (C=O) groups is 1. The number of nitro groups is 1. The van der Waals surface area contributed by atoms with Crippen LogP contribution in [0, 0.1) is 10.1 Å². The van der Waals surface area contributed by atoms with Gasteiger partial charge in [0.1, 0.15) is 5.75 Å². The number of hydrazone groups is 1. The van der Waals surface area contributed by atoms with Crippen LogP contribution in [0.3, 0.4) is 0 Å². The third-order valence-corrected chi connectivity index (χ3v) is 3.51. The SMILES string of the molecule is O=C(CNc1ccccc1)N/N=C\c1cc([N+](=O)[O-])cc(Br)c1O. The first-order valence-electron chi connectivity index (χ1n) is 6.75. The molecule has 0 saturated carbocycles. The zero-order valence-corrected chi connectivity index (χ0v) is 13.9. The van der Waals surface area contributed by atoms with Crippen LogP contribution in [0.4, 0.5) is 11.4 Å². The van der Waals surface area contributed by atoms with Crippen LogP contribution in [0.1, 0.15) is 5.56 Å². The Hall–Kier alpha value is -2.94. The van der Waals surface area contributed by atoms with Gasteiger partial charge in [-0.05, 0) is 28.1 Å². The highest BCUT2D eigenvalue weighted by Crippen LogP contribution is 2.31. The highest BCUT2D eigenvalue weighted by atomic mass is 79.9. The molecular weight excluding hydrogens is 380 g/mol. The number of hydrogen-bond acceptors (Lipinski definition) is 6. The highest BCUT2D eigenvalue weighted by Gasteiger charge is 2.13. The van der Waals surface area contributed by atoms with E-state index in [0.29, 0.717) is 0 Å². The summed E-state index contributed by atoms with van der Waals surface area (Å²) in [5, 5.41) is 27.2. The van der Waals surface area contributed by atoms with Gasteiger partial charge in [0.25, 0.3) is 11.6 Å². The highest BCUT2D eigenvalue weighted by molar-refractivity contribution is 9.10. The average molecular weight is 393 g/mol. The molecule has 0 aromatic heterocycles. The largest absolute Gasteiger partial charge is 0.506 e. The Labute approximate surface area is 145 Å². The molecule has 124 valence electrons. The first kappa shape index (κ1) is 17.4. The summed E-state index contributed by atoms with van der Waals surface area (Å²) in [6, 6.07) is 11.5. The number of para-hydroxylation sites is 1. The third kappa shape index (κ3) is 4.78. The molecule has 0 fully saturated rings. The Morgan fingerprint density at radius 2 is 2.04 bits per heavy atom. The first-order valence-corrected chi connectivity index (χ1v) is 7.54. The first-order chi connectivity index (χ1) is 11.5. The van der Waals surface area contributed by atoms with Crippen molar-refractivity contribution < 1.29 is 14.8 Å². The number of halogens is 1. The number of anilines is 1. The fourth-order valence-corrected chi connectivity index (χ4v) is 2.22. The van der Waals surface area contributed by atoms with Gasteiger partial charge in [0.15, 0.2) is 0 Å². The normalized spacial score (nSPS) is 10.5. The molecule has 9 heteroatoms. The molecule has 1 amide bonds. The van der Waals surface area contributed by atoms with E-state index in [4.69, 9.17) is 0 Å². The molecule has 24 heavy (non-hydrogen) atoms. The second-order valence-electron chi connectivity index (χ2n) is 4.64. The lowest BCUT2D eigenvalue weighted by molar-refractivity contribution is -0.385. The summed E-state index contributed by atoms with van der Waals surface area (Å²) in [6.45, 7) is 0.00592. The smallest absolute Gasteiger partial charge is 0.271 e. The van der Waals surface area contributed by atoms with Gasteiger partial charge in [-0.25, -0.2) is 5.43 Å². The summed E-state index contributed by atoms with van der Waals surface area (Å²) in [7, 11) is 0. The van der Waals surface area contributed by atoms with E-state index in [2.05, 4.69) is 31.8 Å². The van der Waals surface area contributed by atoms with Gasteiger partial charge in [0.2, 0.25) is 0 Å². The molecule has 8 nitrogen and oxygen atoms in total. The number of phenols is 1. The minimum absolute atomic E-state index is 0.00592. The summed E-state index contributed by atoms with van der Waals surface area (Å²) < 4.78 is 0.162. The number of carbonyl (C=O) groups excluding carboxylic acids is 1. The van der Waals surface area contributed by atoms with Gasteiger partial charge in [-0.15, -0.1) is 0 Å². The summed E-state index contributed by atoms with van der Waals surface area (Å²) >= 11 is 3.02. The van der Waals surface area contributed by atoms with Gasteiger partial charge >= 0.3 is 0 Å². The predicted molar refractivity (Wildman–Crippen MR) is 93.1 cm³/mol. The Balaban J connectivity index is 1.96. The van der Waals surface area contributed by atoms with E-state index in [1.54, 1.807) is 0 Å². The summed E-state index contributed by atoms with van der Waals surface area (Å²) in [5.74, 6) is -0.611. The molecule has 0 aliphatic rings. The number of nitrogens with zero attached hydrogens (tertiary/aromatic N) is 2. The van der Waals surface area contributed by atoms with Crippen LogP contribution in [-0.4, -0.2) is 28.7 Å². The van der Waals surface area contributed by atoms with Crippen LogP contribution < -0.4 is 10.7 Å². The summed E-state index contributed by atoms with van der Waals surface area (Å²) in [4.78, 5) is 21.9. The summed E-state index contributed by atoms with van der Waals surface area (Å²) in [5.41, 5.74) is 2.95. The van der Waals surface area contributed by atoms with Crippen molar-refractivity contribution in [2.24, 2.45) is 5.10 Å². The van der Waals surface area contributed by atoms with Crippen molar-refractivity contribution in [1.82, 2.24) is 5.43 Å². The van der Waals surface area contributed by atoms with E-state index in [0.717, 1.165) is 18.0 Å². The van der Waals surface area contributed by atoms with Gasteiger partial charge in [0, 0.05) is 23.4 Å². The van der Waals surface area contributed by atoms with Crippen molar-refractivity contribution in [3.8, 4) is 5.75 Å². The lowest BCUT2D eigenvalue weighted by Gasteiger charge is -2.05. The Morgan fingerprint density at radius 1 is 1.33 bits per heavy atom. The van der Waals surface area contributed by atoms with Crippen LogP contribution in [0.25, 0.3) is 0 Å². The molecule has 2 rings (SSSR count). The number of hydrogen-bond donors (Lipinski definition) is 3. The van der Waals surface area contributed by atoms with Crippen LogP contribution in [-0.2, 0) is 4.79 Å². The van der Waals surface area contributed by atoms with Crippen molar-refractivity contribution in [3.05, 3.63) is 62.6 Å². The zero-order valence-electron chi connectivity index (χ0n) is 12.3. The number of amides is 1. The molecule has 0 atom stereocenters. The number of nitro benzene ring substituents is 1. The van der Waals surface area contributed by atoms with Gasteiger partial charge in [-0.3, -0.25) is 14.9 Å². The third-order valence-electron chi connectivity index (χ3n) is 2.91. The summed E-state index contributed by atoms with van der Waals surface area (Å²) in [6.07, 6.45) is 1.13. The van der Waals surface area contributed by atoms with Gasteiger partial charge in [-0.2, -0.15) is 5.10 Å². The van der Waals surface area contributed by atoms with Crippen LogP contribution in [0.15, 0.2) is 52.0 Å². The lowest BCUT2D eigenvalue weighted by Crippen LogP contribution is -2.25. The van der Waals surface area contributed by atoms with Crippen molar-refractivity contribution in [2.45, 2.75) is 0 Å². The van der Waals surface area contributed by atoms with Crippen LogP contribution in [0.2, 0.25) is 0 Å². The van der Waals surface area contributed by atoms with E-state index in [1.807, 2.05) is 30.3 Å². The monoisotopic (exact) mass is 392 g/mol. The number of nitrogens with one attached hydrogen (secondary N) is 2. The van der Waals surface area contributed by atoms with Crippen LogP contribution in [0.5, 0.6) is 5.75 Å². The molecule has 0 spiro atoms. The number of phenolic OH excluding ortho intramolecular Hbond substituents is 1. The number of benzene rings is 2. The molecule has 0 aliphatic carbocycles. The maximum absolute atomic E-state index is 11.7. The number of non-ortho nitro benzene ring substituents is 1. The quantitative estimate of drug-likeness (QED) is 0.396. The maximum Gasteiger partial charge on any atom is 0.271 e. The standard InChI is InChI=1S/C15H13BrN4O4/c16-13-7-12(20(23)24)6-10(15(13)22)8-18-19-14(21)9-17-11-4-2-1-3-5-11/h1-8,17,22H,9H2,(H,19,21)/b18-8-. The van der Waals surface area contributed by atoms with E-state index >= 15 is 0 Å². The fourth-order valence-electron chi connectivity index (χ4n) is 1.76. The number of aromatic hydroxyl groups is 1. The fraction of sp³-hybridized carbons (Fsp3) is 0.0667. The Morgan fingerprint density at radius 3 is 2.71 bits per heavy atom. The second kappa shape index (κ2) is 8.06. The van der Waals surface area contributed by atoms with E-state index in [9.17, 15) is 20.0 Å². The molecule has 0 aliphatic heterocycles. The van der Waals surface area contributed by atoms with E-state index in [-0.39, 0.29) is 28.0 Å². The molecule has 2 aromatic rings. The lowest BCUT2D eigenvalue weighted by atomic mass is 10.2. The predicted octanol–water partition coefficient (Wildman–Crippen LogP) is 2.63. The molecule has 0 saturated heterocycles. The van der Waals surface area contributed by atoms with Crippen molar-refractivity contribution in [2.75, 3.05) is 11.9 Å². The molecule has 0 radical (unpaired) electrons. The van der Waals surface area contributed by atoms with Gasteiger partial charge < -0.3 is 10.4 Å². The van der Waals surface area contributed by atoms with Crippen molar-refractivity contribution in [3.63, 3.8) is 0 Å². The molecule has 0 unspecified atom stereocenters.